The fourth-order valence-corrected chi connectivity index (χ4v) is 2.31. The van der Waals surface area contributed by atoms with E-state index < -0.39 is 0 Å². The van der Waals surface area contributed by atoms with Crippen molar-refractivity contribution in [2.45, 2.75) is 6.54 Å². The first-order valence-corrected chi connectivity index (χ1v) is 8.30. The van der Waals surface area contributed by atoms with Gasteiger partial charge in [0.15, 0.2) is 0 Å². The maximum atomic E-state index is 12.3. The average Bonchev–Trinajstić information content (AvgIpc) is 2.66. The molecule has 0 saturated heterocycles. The molecule has 2 rings (SSSR count). The molecule has 0 spiro atoms. The lowest BCUT2D eigenvalue weighted by Gasteiger charge is -2.11. The van der Waals surface area contributed by atoms with E-state index in [9.17, 15) is 9.59 Å². The van der Waals surface area contributed by atoms with Crippen molar-refractivity contribution in [3.8, 4) is 5.75 Å². The zero-order valence-electron chi connectivity index (χ0n) is 15.3. The van der Waals surface area contributed by atoms with Crippen LogP contribution in [-0.2, 0) is 6.54 Å². The van der Waals surface area contributed by atoms with E-state index in [2.05, 4.69) is 15.6 Å². The Hall–Kier alpha value is -2.93. The molecule has 7 heteroatoms. The largest absolute Gasteiger partial charge is 0.496 e. The number of amides is 2. The molecule has 1 heterocycles. The number of carbonyl (C=O) groups is 2. The Bertz CT molecular complexity index is 762. The standard InChI is InChI=1S/C19H24N4O3/c1-23(2)11-10-21-18(24)14-8-9-20-16(12-14)19(25)22-13-15-6-4-5-7-17(15)26-3/h4-9,12H,10-11,13H2,1-3H3,(H,21,24)(H,22,25). The van der Waals surface area contributed by atoms with Crippen molar-refractivity contribution in [3.05, 3.63) is 59.4 Å². The zero-order chi connectivity index (χ0) is 18.9. The zero-order valence-corrected chi connectivity index (χ0v) is 15.3. The number of hydrogen-bond donors (Lipinski definition) is 2. The summed E-state index contributed by atoms with van der Waals surface area (Å²) in [5.74, 6) is 0.127. The van der Waals surface area contributed by atoms with Gasteiger partial charge in [-0.15, -0.1) is 0 Å². The number of aromatic nitrogens is 1. The van der Waals surface area contributed by atoms with Gasteiger partial charge in [-0.1, -0.05) is 18.2 Å². The first-order chi connectivity index (χ1) is 12.5. The van der Waals surface area contributed by atoms with Crippen LogP contribution in [0.2, 0.25) is 0 Å². The maximum Gasteiger partial charge on any atom is 0.270 e. The third-order valence-electron chi connectivity index (χ3n) is 3.73. The van der Waals surface area contributed by atoms with Crippen LogP contribution in [-0.4, -0.2) is 56.0 Å². The Kier molecular flexibility index (Phi) is 7.11. The molecule has 0 fully saturated rings. The number of hydrogen-bond acceptors (Lipinski definition) is 5. The molecule has 1 aromatic heterocycles. The lowest BCUT2D eigenvalue weighted by atomic mass is 10.2. The average molecular weight is 356 g/mol. The van der Waals surface area contributed by atoms with Gasteiger partial charge in [0.25, 0.3) is 11.8 Å². The van der Waals surface area contributed by atoms with Crippen LogP contribution >= 0.6 is 0 Å². The first-order valence-electron chi connectivity index (χ1n) is 8.30. The number of methoxy groups -OCH3 is 1. The molecule has 0 unspecified atom stereocenters. The lowest BCUT2D eigenvalue weighted by Crippen LogP contribution is -2.31. The molecule has 0 radical (unpaired) electrons. The summed E-state index contributed by atoms with van der Waals surface area (Å²) in [6, 6.07) is 10.5. The second-order valence-corrected chi connectivity index (χ2v) is 5.98. The third kappa shape index (κ3) is 5.56. The van der Waals surface area contributed by atoms with Gasteiger partial charge < -0.3 is 20.3 Å². The van der Waals surface area contributed by atoms with Crippen molar-refractivity contribution in [3.63, 3.8) is 0 Å². The van der Waals surface area contributed by atoms with Crippen molar-refractivity contribution in [1.82, 2.24) is 20.5 Å². The number of likely N-dealkylation sites (N-methyl/N-ethyl adjacent to an activating group) is 1. The summed E-state index contributed by atoms with van der Waals surface area (Å²) < 4.78 is 5.26. The molecule has 0 aliphatic carbocycles. The highest BCUT2D eigenvalue weighted by molar-refractivity contribution is 5.98. The highest BCUT2D eigenvalue weighted by Crippen LogP contribution is 2.16. The van der Waals surface area contributed by atoms with Gasteiger partial charge in [-0.05, 0) is 32.3 Å². The second-order valence-electron chi connectivity index (χ2n) is 5.98. The topological polar surface area (TPSA) is 83.6 Å². The number of rotatable bonds is 8. The Morgan fingerprint density at radius 2 is 1.88 bits per heavy atom. The number of ether oxygens (including phenoxy) is 1. The summed E-state index contributed by atoms with van der Waals surface area (Å²) in [5, 5.41) is 5.61. The number of benzene rings is 1. The van der Waals surface area contributed by atoms with Gasteiger partial charge in [0.05, 0.1) is 7.11 Å². The molecule has 0 aliphatic heterocycles. The SMILES string of the molecule is COc1ccccc1CNC(=O)c1cc(C(=O)NCCN(C)C)ccn1. The van der Waals surface area contributed by atoms with E-state index >= 15 is 0 Å². The minimum Gasteiger partial charge on any atom is -0.496 e. The molecule has 2 aromatic rings. The van der Waals surface area contributed by atoms with E-state index in [-0.39, 0.29) is 17.5 Å². The molecular weight excluding hydrogens is 332 g/mol. The number of pyridine rings is 1. The van der Waals surface area contributed by atoms with Crippen LogP contribution in [0.5, 0.6) is 5.75 Å². The molecule has 2 N–H and O–H groups in total. The molecular formula is C19H24N4O3. The Balaban J connectivity index is 1.98. The van der Waals surface area contributed by atoms with Gasteiger partial charge in [-0.2, -0.15) is 0 Å². The second kappa shape index (κ2) is 9.53. The van der Waals surface area contributed by atoms with Crippen molar-refractivity contribution in [2.24, 2.45) is 0 Å². The van der Waals surface area contributed by atoms with Gasteiger partial charge in [0, 0.05) is 37.0 Å². The van der Waals surface area contributed by atoms with E-state index in [1.807, 2.05) is 43.3 Å². The van der Waals surface area contributed by atoms with E-state index in [1.54, 1.807) is 13.2 Å². The maximum absolute atomic E-state index is 12.3. The predicted octanol–water partition coefficient (Wildman–Crippen LogP) is 1.31. The Labute approximate surface area is 153 Å². The number of nitrogens with one attached hydrogen (secondary N) is 2. The predicted molar refractivity (Wildman–Crippen MR) is 99.3 cm³/mol. The van der Waals surface area contributed by atoms with Crippen molar-refractivity contribution >= 4 is 11.8 Å². The van der Waals surface area contributed by atoms with E-state index in [4.69, 9.17) is 4.74 Å². The molecule has 0 aliphatic rings. The van der Waals surface area contributed by atoms with Gasteiger partial charge in [0.2, 0.25) is 0 Å². The smallest absolute Gasteiger partial charge is 0.270 e. The summed E-state index contributed by atoms with van der Waals surface area (Å²) in [4.78, 5) is 30.5. The normalized spacial score (nSPS) is 10.5. The quantitative estimate of drug-likeness (QED) is 0.745. The van der Waals surface area contributed by atoms with Crippen molar-refractivity contribution in [1.29, 1.82) is 0 Å². The summed E-state index contributed by atoms with van der Waals surface area (Å²) >= 11 is 0. The van der Waals surface area contributed by atoms with Crippen molar-refractivity contribution < 1.29 is 14.3 Å². The summed E-state index contributed by atoms with van der Waals surface area (Å²) in [6.07, 6.45) is 1.46. The van der Waals surface area contributed by atoms with Gasteiger partial charge >= 0.3 is 0 Å². The molecule has 0 bridgehead atoms. The summed E-state index contributed by atoms with van der Waals surface area (Å²) in [6.45, 7) is 1.58. The van der Waals surface area contributed by atoms with Crippen LogP contribution in [0.1, 0.15) is 26.4 Å². The Morgan fingerprint density at radius 3 is 2.62 bits per heavy atom. The molecule has 7 nitrogen and oxygen atoms in total. The monoisotopic (exact) mass is 356 g/mol. The fraction of sp³-hybridized carbons (Fsp3) is 0.316. The van der Waals surface area contributed by atoms with Crippen LogP contribution in [0.3, 0.4) is 0 Å². The first kappa shape index (κ1) is 19.4. The third-order valence-corrected chi connectivity index (χ3v) is 3.73. The van der Waals surface area contributed by atoms with Crippen LogP contribution in [0.15, 0.2) is 42.6 Å². The minimum atomic E-state index is -0.348. The molecule has 2 amide bonds. The number of nitrogens with zero attached hydrogens (tertiary/aromatic N) is 2. The van der Waals surface area contributed by atoms with E-state index in [0.717, 1.165) is 12.1 Å². The molecule has 0 saturated carbocycles. The van der Waals surface area contributed by atoms with E-state index in [1.165, 1.54) is 12.3 Å². The minimum absolute atomic E-state index is 0.195. The highest BCUT2D eigenvalue weighted by Gasteiger charge is 2.12. The molecule has 1 aromatic carbocycles. The fourth-order valence-electron chi connectivity index (χ4n) is 2.31. The number of para-hydroxylation sites is 1. The van der Waals surface area contributed by atoms with Crippen LogP contribution in [0.4, 0.5) is 0 Å². The summed E-state index contributed by atoms with van der Waals surface area (Å²) in [7, 11) is 5.45. The van der Waals surface area contributed by atoms with Crippen LogP contribution in [0.25, 0.3) is 0 Å². The summed E-state index contributed by atoms with van der Waals surface area (Å²) in [5.41, 5.74) is 1.46. The van der Waals surface area contributed by atoms with Gasteiger partial charge in [-0.25, -0.2) is 0 Å². The van der Waals surface area contributed by atoms with E-state index in [0.29, 0.717) is 24.4 Å². The molecule has 0 atom stereocenters. The molecule has 26 heavy (non-hydrogen) atoms. The molecule has 138 valence electrons. The number of carbonyl (C=O) groups excluding carboxylic acids is 2. The highest BCUT2D eigenvalue weighted by atomic mass is 16.5. The van der Waals surface area contributed by atoms with Gasteiger partial charge in [-0.3, -0.25) is 14.6 Å². The van der Waals surface area contributed by atoms with Crippen LogP contribution < -0.4 is 15.4 Å². The van der Waals surface area contributed by atoms with Crippen LogP contribution in [0, 0.1) is 0 Å². The van der Waals surface area contributed by atoms with Crippen molar-refractivity contribution in [2.75, 3.05) is 34.3 Å². The van der Waals surface area contributed by atoms with Gasteiger partial charge in [0.1, 0.15) is 11.4 Å². The Morgan fingerprint density at radius 1 is 1.12 bits per heavy atom. The lowest BCUT2D eigenvalue weighted by molar-refractivity contribution is 0.0945.